The third kappa shape index (κ3) is 8.92. The second-order valence-corrected chi connectivity index (χ2v) is 18.1. The first-order chi connectivity index (χ1) is 35.4. The molecule has 64 heavy (non-hydrogen) atoms. The molecule has 0 atom stereocenters. The maximum Gasteiger partial charge on any atom is 0.148 e. The van der Waals surface area contributed by atoms with Gasteiger partial charge in [-0.05, 0) is 129 Å². The van der Waals surface area contributed by atoms with Crippen molar-refractivity contribution in [1.82, 2.24) is 14.5 Å². The normalized spacial score (nSPS) is 16.4. The Kier molecular flexibility index (Phi) is 8.70. The number of hydrogen-bond acceptors (Lipinski definition) is 3. The van der Waals surface area contributed by atoms with Crippen LogP contribution in [0.3, 0.4) is 0 Å². The van der Waals surface area contributed by atoms with Crippen molar-refractivity contribution in [3.05, 3.63) is 166 Å². The van der Waals surface area contributed by atoms with Crippen LogP contribution < -0.4 is 0 Å². The SMILES string of the molecule is [2H]C([2H])([2H])c1cc(-c2c(C([2H])(C)C)cccc2C([2H])(C)C)ccc1-n1c(-c2cc(C)cc(C)c2O)nc2c(-c3[c-]c(-c4cc(-c5ccc(C(C([2H])([2H])[2H])(C([2H])([2H])[2H])C([2H])([2H])[2H])cc5)ccn4)cc(C(C)(C)C)c3)cccc21.[Pt]. The van der Waals surface area contributed by atoms with Crippen LogP contribution in [0.15, 0.2) is 121 Å². The van der Waals surface area contributed by atoms with E-state index in [4.69, 9.17) is 29.2 Å². The predicted molar refractivity (Wildman–Crippen MR) is 266 cm³/mol. The van der Waals surface area contributed by atoms with Gasteiger partial charge in [-0.25, -0.2) is 4.98 Å². The third-order valence-corrected chi connectivity index (χ3v) is 11.8. The van der Waals surface area contributed by atoms with Crippen LogP contribution in [-0.2, 0) is 31.9 Å². The number of aromatic hydroxyl groups is 1. The molecule has 0 aliphatic heterocycles. The average Bonchev–Trinajstić information content (AvgIpc) is 3.81. The fourth-order valence-corrected chi connectivity index (χ4v) is 8.41. The molecule has 8 rings (SSSR count). The van der Waals surface area contributed by atoms with E-state index in [1.54, 1.807) is 63.6 Å². The van der Waals surface area contributed by atoms with E-state index < -0.39 is 50.0 Å². The van der Waals surface area contributed by atoms with Gasteiger partial charge in [-0.3, -0.25) is 9.55 Å². The zero-order valence-electron chi connectivity index (χ0n) is 51.7. The van der Waals surface area contributed by atoms with Crippen molar-refractivity contribution in [2.45, 2.75) is 112 Å². The summed E-state index contributed by atoms with van der Waals surface area (Å²) in [6.07, 6.45) is 1.60. The summed E-state index contributed by atoms with van der Waals surface area (Å²) in [7, 11) is 0. The van der Waals surface area contributed by atoms with Crippen molar-refractivity contribution in [2.24, 2.45) is 0 Å². The minimum Gasteiger partial charge on any atom is -0.507 e. The summed E-state index contributed by atoms with van der Waals surface area (Å²) in [6.45, 7) is 4.10. The van der Waals surface area contributed by atoms with Crippen LogP contribution in [0.25, 0.3) is 72.7 Å². The van der Waals surface area contributed by atoms with Crippen molar-refractivity contribution in [3.8, 4) is 67.5 Å². The van der Waals surface area contributed by atoms with Gasteiger partial charge in [-0.1, -0.05) is 153 Å². The molecule has 4 nitrogen and oxygen atoms in total. The maximum atomic E-state index is 11.9. The third-order valence-electron chi connectivity index (χ3n) is 11.8. The molecule has 1 N–H and O–H groups in total. The molecule has 0 bridgehead atoms. The van der Waals surface area contributed by atoms with Crippen LogP contribution in [0.1, 0.15) is 139 Å². The predicted octanol–water partition coefficient (Wildman–Crippen LogP) is 16.0. The van der Waals surface area contributed by atoms with E-state index in [9.17, 15) is 5.11 Å². The first-order valence-corrected chi connectivity index (χ1v) is 21.1. The molecule has 0 unspecified atom stereocenters. The smallest absolute Gasteiger partial charge is 0.148 e. The molecule has 0 saturated heterocycles. The molecule has 8 aromatic rings. The molecule has 0 aliphatic carbocycles. The van der Waals surface area contributed by atoms with Crippen LogP contribution in [-0.4, -0.2) is 19.6 Å². The van der Waals surface area contributed by atoms with E-state index in [1.807, 2.05) is 79.7 Å². The van der Waals surface area contributed by atoms with Gasteiger partial charge in [0.15, 0.2) is 0 Å². The van der Waals surface area contributed by atoms with Gasteiger partial charge in [0, 0.05) is 52.1 Å². The summed E-state index contributed by atoms with van der Waals surface area (Å²) in [4.78, 5) is 10.1. The van der Waals surface area contributed by atoms with E-state index in [0.717, 1.165) is 11.1 Å². The van der Waals surface area contributed by atoms with E-state index in [0.29, 0.717) is 83.6 Å². The molecular formula is C59H62N3OPt-. The Bertz CT molecular complexity index is 3500. The van der Waals surface area contributed by atoms with Gasteiger partial charge in [-0.15, -0.1) is 29.3 Å². The number of para-hydroxylation sites is 1. The number of pyridine rings is 1. The first-order valence-electron chi connectivity index (χ1n) is 28.1. The number of fused-ring (bicyclic) bond motifs is 1. The van der Waals surface area contributed by atoms with Gasteiger partial charge in [-0.2, -0.15) is 0 Å². The number of imidazole rings is 1. The Morgan fingerprint density at radius 1 is 0.672 bits per heavy atom. The molecular weight excluding hydrogens is 962 g/mol. The Hall–Kier alpha value is -5.57. The topological polar surface area (TPSA) is 50.9 Å². The van der Waals surface area contributed by atoms with Crippen molar-refractivity contribution < 1.29 is 45.4 Å². The van der Waals surface area contributed by atoms with Crippen molar-refractivity contribution in [1.29, 1.82) is 0 Å². The largest absolute Gasteiger partial charge is 0.507 e. The molecule has 0 fully saturated rings. The summed E-state index contributed by atoms with van der Waals surface area (Å²) in [5, 5.41) is 11.9. The zero-order chi connectivity index (χ0) is 57.0. The molecule has 0 spiro atoms. The number of aromatic nitrogens is 3. The summed E-state index contributed by atoms with van der Waals surface area (Å²) in [5.74, 6) is -1.93. The molecule has 0 radical (unpaired) electrons. The van der Waals surface area contributed by atoms with E-state index in [-0.39, 0.29) is 43.8 Å². The van der Waals surface area contributed by atoms with Gasteiger partial charge in [0.05, 0.1) is 22.3 Å². The van der Waals surface area contributed by atoms with Gasteiger partial charge in [0.1, 0.15) is 11.6 Å². The van der Waals surface area contributed by atoms with Gasteiger partial charge in [0.25, 0.3) is 0 Å². The van der Waals surface area contributed by atoms with E-state index in [1.165, 1.54) is 24.3 Å². The summed E-state index contributed by atoms with van der Waals surface area (Å²) in [5.41, 5.74) is 6.16. The maximum absolute atomic E-state index is 11.9. The average molecular weight is 1040 g/mol. The molecule has 2 heterocycles. The first kappa shape index (κ1) is 31.3. The van der Waals surface area contributed by atoms with Gasteiger partial charge < -0.3 is 5.11 Å². The van der Waals surface area contributed by atoms with Crippen molar-refractivity contribution in [2.75, 3.05) is 0 Å². The molecule has 0 amide bonds. The standard InChI is InChI=1S/C59H62N3O.Pt/c1-35(2)47-16-14-17-48(36(3)4)54(47)42-22-25-52(38(6)30-42)62-53-19-15-18-49(55(53)61-57(62)50-29-37(5)28-39(7)56(50)63)43-31-44(33-46(32-43)59(11,12)13)51-34-41(26-27-60-51)40-20-23-45(24-21-40)58(8,9)10;/h14-30,32-36,63H,1-13H3;/q-1;/i6D3,8D3,9D3,10D3,35D,36D;. The van der Waals surface area contributed by atoms with Crippen molar-refractivity contribution >= 4 is 11.0 Å². The minimum absolute atomic E-state index is 0. The number of nitrogens with zero attached hydrogens (tertiary/aromatic N) is 3. The van der Waals surface area contributed by atoms with E-state index in [2.05, 4.69) is 26.8 Å². The molecule has 0 aliphatic rings. The second-order valence-electron chi connectivity index (χ2n) is 18.1. The number of aryl methyl sites for hydroxylation is 3. The van der Waals surface area contributed by atoms with E-state index >= 15 is 0 Å². The Morgan fingerprint density at radius 2 is 1.34 bits per heavy atom. The van der Waals surface area contributed by atoms with Gasteiger partial charge in [0.2, 0.25) is 0 Å². The number of hydrogen-bond donors (Lipinski definition) is 1. The summed E-state index contributed by atoms with van der Waals surface area (Å²) in [6, 6.07) is 36.7. The van der Waals surface area contributed by atoms with Gasteiger partial charge >= 0.3 is 0 Å². The van der Waals surface area contributed by atoms with Crippen LogP contribution in [0.2, 0.25) is 0 Å². The molecule has 0 saturated carbocycles. The molecule has 330 valence electrons. The van der Waals surface area contributed by atoms with Crippen molar-refractivity contribution in [3.63, 3.8) is 0 Å². The molecule has 6 aromatic carbocycles. The van der Waals surface area contributed by atoms with Crippen LogP contribution in [0.5, 0.6) is 5.75 Å². The minimum atomic E-state index is -3.41. The number of phenolic OH excluding ortho intramolecular Hbond substituents is 1. The van der Waals surface area contributed by atoms with Crippen LogP contribution in [0, 0.1) is 26.8 Å². The number of phenols is 1. The fourth-order valence-electron chi connectivity index (χ4n) is 8.41. The monoisotopic (exact) mass is 1040 g/mol. The number of rotatable bonds is 8. The fraction of sp³-hybridized carbons (Fsp3) is 0.288. The Balaban J connectivity index is 0.00000882. The van der Waals surface area contributed by atoms with Crippen LogP contribution >= 0.6 is 0 Å². The Morgan fingerprint density at radius 3 is 2.00 bits per heavy atom. The quantitative estimate of drug-likeness (QED) is 0.154. The zero-order valence-corrected chi connectivity index (χ0v) is 39.9. The summed E-state index contributed by atoms with van der Waals surface area (Å²) < 4.78 is 121. The molecule has 2 aromatic heterocycles. The molecule has 5 heteroatoms. The second kappa shape index (κ2) is 17.8. The number of benzene rings is 6. The van der Waals surface area contributed by atoms with Crippen LogP contribution in [0.4, 0.5) is 0 Å². The summed E-state index contributed by atoms with van der Waals surface area (Å²) >= 11 is 0. The Labute approximate surface area is 415 Å².